The summed E-state index contributed by atoms with van der Waals surface area (Å²) in [6.45, 7) is 2.11. The summed E-state index contributed by atoms with van der Waals surface area (Å²) in [5, 5.41) is 0. The molecule has 0 atom stereocenters. The molecule has 4 heteroatoms. The van der Waals surface area contributed by atoms with Crippen molar-refractivity contribution >= 4 is 0 Å². The Bertz CT molecular complexity index is 307. The van der Waals surface area contributed by atoms with Crippen LogP contribution in [0.25, 0.3) is 0 Å². The van der Waals surface area contributed by atoms with E-state index in [1.54, 1.807) is 6.07 Å². The van der Waals surface area contributed by atoms with Gasteiger partial charge in [0, 0.05) is 13.1 Å². The molecule has 0 radical (unpaired) electrons. The Morgan fingerprint density at radius 3 is 2.73 bits per heavy atom. The zero-order valence-corrected chi connectivity index (χ0v) is 8.82. The van der Waals surface area contributed by atoms with Gasteiger partial charge in [-0.25, -0.2) is 4.98 Å². The first-order valence-electron chi connectivity index (χ1n) is 5.21. The third kappa shape index (κ3) is 2.89. The van der Waals surface area contributed by atoms with Gasteiger partial charge in [-0.05, 0) is 32.0 Å². The maximum Gasteiger partial charge on any atom is 0.213 e. The second-order valence-electron chi connectivity index (χ2n) is 3.94. The average molecular weight is 210 g/mol. The number of likely N-dealkylation sites (tertiary alicyclic amines) is 1. The van der Waals surface area contributed by atoms with Gasteiger partial charge in [0.05, 0.1) is 6.20 Å². The fourth-order valence-corrected chi connectivity index (χ4v) is 1.73. The van der Waals surface area contributed by atoms with Crippen molar-refractivity contribution in [1.82, 2.24) is 9.88 Å². The molecule has 3 nitrogen and oxygen atoms in total. The van der Waals surface area contributed by atoms with E-state index in [0.717, 1.165) is 25.9 Å². The van der Waals surface area contributed by atoms with Gasteiger partial charge < -0.3 is 9.64 Å². The molecule has 1 aromatic heterocycles. The molecule has 82 valence electrons. The van der Waals surface area contributed by atoms with Crippen LogP contribution in [0, 0.1) is 5.95 Å². The first-order chi connectivity index (χ1) is 7.24. The van der Waals surface area contributed by atoms with Crippen LogP contribution in [-0.4, -0.2) is 36.1 Å². The molecule has 1 saturated heterocycles. The lowest BCUT2D eigenvalue weighted by Gasteiger charge is -2.29. The molecule has 0 N–H and O–H groups in total. The van der Waals surface area contributed by atoms with E-state index in [1.807, 2.05) is 0 Å². The first-order valence-corrected chi connectivity index (χ1v) is 5.21. The van der Waals surface area contributed by atoms with Crippen LogP contribution >= 0.6 is 0 Å². The molecule has 1 aromatic rings. The van der Waals surface area contributed by atoms with Crippen molar-refractivity contribution in [3.05, 3.63) is 24.3 Å². The SMILES string of the molecule is CN1CCC(Oc2ccc(F)nc2)CC1. The van der Waals surface area contributed by atoms with E-state index < -0.39 is 5.95 Å². The summed E-state index contributed by atoms with van der Waals surface area (Å²) in [5.41, 5.74) is 0. The zero-order valence-electron chi connectivity index (χ0n) is 8.82. The Morgan fingerprint density at radius 2 is 2.13 bits per heavy atom. The van der Waals surface area contributed by atoms with Gasteiger partial charge in [0.25, 0.3) is 0 Å². The van der Waals surface area contributed by atoms with Crippen molar-refractivity contribution in [3.8, 4) is 5.75 Å². The number of ether oxygens (including phenoxy) is 1. The van der Waals surface area contributed by atoms with E-state index in [1.165, 1.54) is 12.3 Å². The van der Waals surface area contributed by atoms with Crippen LogP contribution in [0.4, 0.5) is 4.39 Å². The number of nitrogens with zero attached hydrogens (tertiary/aromatic N) is 2. The molecular formula is C11H15FN2O. The number of piperidine rings is 1. The predicted molar refractivity (Wildman–Crippen MR) is 55.3 cm³/mol. The quantitative estimate of drug-likeness (QED) is 0.695. The van der Waals surface area contributed by atoms with Gasteiger partial charge in [0.15, 0.2) is 0 Å². The largest absolute Gasteiger partial charge is 0.489 e. The van der Waals surface area contributed by atoms with Gasteiger partial charge in [0.2, 0.25) is 5.95 Å². The van der Waals surface area contributed by atoms with E-state index in [2.05, 4.69) is 16.9 Å². The van der Waals surface area contributed by atoms with Crippen LogP contribution in [-0.2, 0) is 0 Å². The Balaban J connectivity index is 1.89. The maximum absolute atomic E-state index is 12.5. The molecule has 2 heterocycles. The minimum Gasteiger partial charge on any atom is -0.489 e. The highest BCUT2D eigenvalue weighted by Crippen LogP contribution is 2.17. The van der Waals surface area contributed by atoms with Gasteiger partial charge in [-0.2, -0.15) is 4.39 Å². The summed E-state index contributed by atoms with van der Waals surface area (Å²) in [6.07, 6.45) is 3.73. The highest BCUT2D eigenvalue weighted by molar-refractivity contribution is 5.16. The van der Waals surface area contributed by atoms with Crippen LogP contribution in [0.2, 0.25) is 0 Å². The highest BCUT2D eigenvalue weighted by Gasteiger charge is 2.17. The molecule has 0 unspecified atom stereocenters. The molecule has 2 rings (SSSR count). The second kappa shape index (κ2) is 4.57. The van der Waals surface area contributed by atoms with Crippen LogP contribution < -0.4 is 4.74 Å². The average Bonchev–Trinajstić information content (AvgIpc) is 2.25. The number of halogens is 1. The van der Waals surface area contributed by atoms with E-state index in [9.17, 15) is 4.39 Å². The maximum atomic E-state index is 12.5. The third-order valence-electron chi connectivity index (χ3n) is 2.67. The molecular weight excluding hydrogens is 195 g/mol. The summed E-state index contributed by atoms with van der Waals surface area (Å²) in [5.74, 6) is 0.191. The number of aromatic nitrogens is 1. The van der Waals surface area contributed by atoms with Gasteiger partial charge in [0.1, 0.15) is 11.9 Å². The van der Waals surface area contributed by atoms with Crippen molar-refractivity contribution in [2.45, 2.75) is 18.9 Å². The summed E-state index contributed by atoms with van der Waals surface area (Å²) >= 11 is 0. The van der Waals surface area contributed by atoms with Gasteiger partial charge in [-0.15, -0.1) is 0 Å². The molecule has 0 bridgehead atoms. The number of hydrogen-bond donors (Lipinski definition) is 0. The summed E-state index contributed by atoms with van der Waals surface area (Å²) in [7, 11) is 2.11. The van der Waals surface area contributed by atoms with Crippen LogP contribution in [0.5, 0.6) is 5.75 Å². The molecule has 0 spiro atoms. The Hall–Kier alpha value is -1.16. The Labute approximate surface area is 88.9 Å². The van der Waals surface area contributed by atoms with Crippen molar-refractivity contribution < 1.29 is 9.13 Å². The fourth-order valence-electron chi connectivity index (χ4n) is 1.73. The minimum absolute atomic E-state index is 0.244. The van der Waals surface area contributed by atoms with Crippen molar-refractivity contribution in [3.63, 3.8) is 0 Å². The molecule has 0 aliphatic carbocycles. The summed E-state index contributed by atoms with van der Waals surface area (Å²) < 4.78 is 18.2. The number of hydrogen-bond acceptors (Lipinski definition) is 3. The van der Waals surface area contributed by atoms with Gasteiger partial charge >= 0.3 is 0 Å². The van der Waals surface area contributed by atoms with Crippen molar-refractivity contribution in [2.75, 3.05) is 20.1 Å². The smallest absolute Gasteiger partial charge is 0.213 e. The van der Waals surface area contributed by atoms with Gasteiger partial charge in [-0.3, -0.25) is 0 Å². The van der Waals surface area contributed by atoms with Crippen LogP contribution in [0.3, 0.4) is 0 Å². The van der Waals surface area contributed by atoms with E-state index in [0.29, 0.717) is 5.75 Å². The van der Waals surface area contributed by atoms with E-state index >= 15 is 0 Å². The normalized spacial score (nSPS) is 19.1. The lowest BCUT2D eigenvalue weighted by Crippen LogP contribution is -2.35. The Kier molecular flexibility index (Phi) is 3.16. The molecule has 1 aliphatic heterocycles. The molecule has 0 saturated carbocycles. The fraction of sp³-hybridized carbons (Fsp3) is 0.545. The lowest BCUT2D eigenvalue weighted by molar-refractivity contribution is 0.114. The first kappa shape index (κ1) is 10.4. The molecule has 1 fully saturated rings. The van der Waals surface area contributed by atoms with Gasteiger partial charge in [-0.1, -0.05) is 0 Å². The zero-order chi connectivity index (χ0) is 10.7. The third-order valence-corrected chi connectivity index (χ3v) is 2.67. The summed E-state index contributed by atoms with van der Waals surface area (Å²) in [6, 6.07) is 2.95. The predicted octanol–water partition coefficient (Wildman–Crippen LogP) is 1.69. The van der Waals surface area contributed by atoms with Crippen molar-refractivity contribution in [2.24, 2.45) is 0 Å². The monoisotopic (exact) mass is 210 g/mol. The number of rotatable bonds is 2. The highest BCUT2D eigenvalue weighted by atomic mass is 19.1. The molecule has 15 heavy (non-hydrogen) atoms. The summed E-state index contributed by atoms with van der Waals surface area (Å²) in [4.78, 5) is 5.84. The van der Waals surface area contributed by atoms with Crippen LogP contribution in [0.15, 0.2) is 18.3 Å². The minimum atomic E-state index is -0.467. The Morgan fingerprint density at radius 1 is 1.40 bits per heavy atom. The standard InChI is InChI=1S/C11H15FN2O/c1-14-6-4-9(5-7-14)15-10-2-3-11(12)13-8-10/h2-3,8-9H,4-7H2,1H3. The second-order valence-corrected chi connectivity index (χ2v) is 3.94. The topological polar surface area (TPSA) is 25.4 Å². The molecule has 0 aromatic carbocycles. The lowest BCUT2D eigenvalue weighted by atomic mass is 10.1. The van der Waals surface area contributed by atoms with E-state index in [-0.39, 0.29) is 6.10 Å². The van der Waals surface area contributed by atoms with Crippen molar-refractivity contribution in [1.29, 1.82) is 0 Å². The van der Waals surface area contributed by atoms with Crippen LogP contribution in [0.1, 0.15) is 12.8 Å². The van der Waals surface area contributed by atoms with E-state index in [4.69, 9.17) is 4.74 Å². The number of pyridine rings is 1. The molecule has 0 amide bonds. The molecule has 1 aliphatic rings.